The third-order valence-electron chi connectivity index (χ3n) is 3.13. The fraction of sp³-hybridized carbons (Fsp3) is 0.0625. The summed E-state index contributed by atoms with van der Waals surface area (Å²) in [5.41, 5.74) is 2.13. The molecule has 3 aromatic rings. The van der Waals surface area contributed by atoms with Crippen molar-refractivity contribution in [2.75, 3.05) is 5.32 Å². The number of halogens is 1. The van der Waals surface area contributed by atoms with Crippen LogP contribution in [0.4, 0.5) is 10.1 Å². The third kappa shape index (κ3) is 2.54. The van der Waals surface area contributed by atoms with Crippen LogP contribution in [0.25, 0.3) is 10.9 Å². The van der Waals surface area contributed by atoms with Crippen LogP contribution >= 0.6 is 0 Å². The fourth-order valence-electron chi connectivity index (χ4n) is 2.16. The Morgan fingerprint density at radius 2 is 2.00 bits per heavy atom. The maximum Gasteiger partial charge on any atom is 0.228 e. The van der Waals surface area contributed by atoms with Crippen molar-refractivity contribution in [3.63, 3.8) is 0 Å². The summed E-state index contributed by atoms with van der Waals surface area (Å²) < 4.78 is 13.4. The van der Waals surface area contributed by atoms with Gasteiger partial charge in [0.25, 0.3) is 0 Å². The van der Waals surface area contributed by atoms with E-state index >= 15 is 0 Å². The van der Waals surface area contributed by atoms with Gasteiger partial charge in [0.2, 0.25) is 5.91 Å². The van der Waals surface area contributed by atoms with E-state index in [0.29, 0.717) is 0 Å². The number of amides is 1. The minimum atomic E-state index is -0.429. The minimum absolute atomic E-state index is 0.209. The summed E-state index contributed by atoms with van der Waals surface area (Å²) in [6, 6.07) is 13.9. The summed E-state index contributed by atoms with van der Waals surface area (Å²) in [5.74, 6) is -0.660. The molecular formula is C16H13FN2O. The SMILES string of the molecule is O=C(Cc1ccc2[nH]ccc2c1)Nc1ccccc1F. The lowest BCUT2D eigenvalue weighted by Gasteiger charge is -2.06. The zero-order chi connectivity index (χ0) is 13.9. The van der Waals surface area contributed by atoms with E-state index in [2.05, 4.69) is 10.3 Å². The number of carbonyl (C=O) groups excluding carboxylic acids is 1. The molecule has 0 aliphatic rings. The molecule has 0 saturated heterocycles. The van der Waals surface area contributed by atoms with Crippen LogP contribution in [0.3, 0.4) is 0 Å². The molecule has 0 spiro atoms. The predicted molar refractivity (Wildman–Crippen MR) is 77.0 cm³/mol. The van der Waals surface area contributed by atoms with Crippen LogP contribution in [-0.2, 0) is 11.2 Å². The molecule has 0 unspecified atom stereocenters. The molecule has 20 heavy (non-hydrogen) atoms. The van der Waals surface area contributed by atoms with Gasteiger partial charge in [-0.05, 0) is 41.3 Å². The van der Waals surface area contributed by atoms with Crippen LogP contribution in [0, 0.1) is 5.82 Å². The van der Waals surface area contributed by atoms with Crippen molar-refractivity contribution in [3.05, 3.63) is 66.1 Å². The molecule has 100 valence electrons. The molecule has 3 rings (SSSR count). The van der Waals surface area contributed by atoms with Crippen LogP contribution < -0.4 is 5.32 Å². The molecule has 0 fully saturated rings. The van der Waals surface area contributed by atoms with Crippen molar-refractivity contribution in [2.24, 2.45) is 0 Å². The number of hydrogen-bond acceptors (Lipinski definition) is 1. The number of hydrogen-bond donors (Lipinski definition) is 2. The second-order valence-corrected chi connectivity index (χ2v) is 4.60. The van der Waals surface area contributed by atoms with Crippen LogP contribution in [0.15, 0.2) is 54.7 Å². The first-order valence-corrected chi connectivity index (χ1v) is 6.33. The van der Waals surface area contributed by atoms with Crippen molar-refractivity contribution in [2.45, 2.75) is 6.42 Å². The maximum atomic E-state index is 13.4. The van der Waals surface area contributed by atoms with Gasteiger partial charge in [-0.2, -0.15) is 0 Å². The Bertz CT molecular complexity index is 764. The highest BCUT2D eigenvalue weighted by molar-refractivity contribution is 5.93. The normalized spacial score (nSPS) is 10.7. The molecule has 2 aromatic carbocycles. The zero-order valence-electron chi connectivity index (χ0n) is 10.7. The first kappa shape index (κ1) is 12.4. The number of benzene rings is 2. The molecule has 0 saturated carbocycles. The zero-order valence-corrected chi connectivity index (χ0v) is 10.7. The van der Waals surface area contributed by atoms with E-state index in [1.165, 1.54) is 6.07 Å². The summed E-state index contributed by atoms with van der Waals surface area (Å²) in [4.78, 5) is 15.0. The quantitative estimate of drug-likeness (QED) is 0.750. The van der Waals surface area contributed by atoms with Crippen molar-refractivity contribution in [3.8, 4) is 0 Å². The Balaban J connectivity index is 1.74. The Morgan fingerprint density at radius 3 is 2.85 bits per heavy atom. The lowest BCUT2D eigenvalue weighted by atomic mass is 10.1. The standard InChI is InChI=1S/C16H13FN2O/c17-13-3-1-2-4-15(13)19-16(20)10-11-5-6-14-12(9-11)7-8-18-14/h1-9,18H,10H2,(H,19,20). The average molecular weight is 268 g/mol. The summed E-state index contributed by atoms with van der Waals surface area (Å²) in [6.07, 6.45) is 2.07. The van der Waals surface area contributed by atoms with Crippen LogP contribution in [0.2, 0.25) is 0 Å². The minimum Gasteiger partial charge on any atom is -0.361 e. The monoisotopic (exact) mass is 268 g/mol. The molecule has 1 heterocycles. The van der Waals surface area contributed by atoms with E-state index in [0.717, 1.165) is 16.5 Å². The Hall–Kier alpha value is -2.62. The van der Waals surface area contributed by atoms with E-state index in [4.69, 9.17) is 0 Å². The number of rotatable bonds is 3. The third-order valence-corrected chi connectivity index (χ3v) is 3.13. The molecule has 1 aromatic heterocycles. The van der Waals surface area contributed by atoms with Crippen molar-refractivity contribution in [1.82, 2.24) is 4.98 Å². The first-order chi connectivity index (χ1) is 9.72. The number of fused-ring (bicyclic) bond motifs is 1. The topological polar surface area (TPSA) is 44.9 Å². The summed E-state index contributed by atoms with van der Waals surface area (Å²) in [7, 11) is 0. The number of para-hydroxylation sites is 1. The van der Waals surface area contributed by atoms with Gasteiger partial charge in [-0.1, -0.05) is 18.2 Å². The summed E-state index contributed by atoms with van der Waals surface area (Å²) >= 11 is 0. The molecule has 1 amide bonds. The summed E-state index contributed by atoms with van der Waals surface area (Å²) in [5, 5.41) is 3.64. The van der Waals surface area contributed by atoms with E-state index < -0.39 is 5.82 Å². The van der Waals surface area contributed by atoms with Crippen molar-refractivity contribution in [1.29, 1.82) is 0 Å². The number of aromatic amines is 1. The number of H-pyrrole nitrogens is 1. The van der Waals surface area contributed by atoms with Crippen molar-refractivity contribution < 1.29 is 9.18 Å². The van der Waals surface area contributed by atoms with Gasteiger partial charge in [-0.25, -0.2) is 4.39 Å². The highest BCUT2D eigenvalue weighted by Crippen LogP contribution is 2.16. The van der Waals surface area contributed by atoms with Gasteiger partial charge >= 0.3 is 0 Å². The van der Waals surface area contributed by atoms with Gasteiger partial charge in [-0.15, -0.1) is 0 Å². The average Bonchev–Trinajstić information content (AvgIpc) is 2.89. The number of nitrogens with one attached hydrogen (secondary N) is 2. The Morgan fingerprint density at radius 1 is 1.15 bits per heavy atom. The van der Waals surface area contributed by atoms with Crippen molar-refractivity contribution >= 4 is 22.5 Å². The molecule has 4 heteroatoms. The second-order valence-electron chi connectivity index (χ2n) is 4.60. The highest BCUT2D eigenvalue weighted by atomic mass is 19.1. The molecule has 0 aliphatic carbocycles. The van der Waals surface area contributed by atoms with Crippen LogP contribution in [0.5, 0.6) is 0 Å². The lowest BCUT2D eigenvalue weighted by molar-refractivity contribution is -0.115. The molecule has 0 aliphatic heterocycles. The summed E-state index contributed by atoms with van der Waals surface area (Å²) in [6.45, 7) is 0. The highest BCUT2D eigenvalue weighted by Gasteiger charge is 2.07. The van der Waals surface area contributed by atoms with E-state index in [1.54, 1.807) is 18.2 Å². The first-order valence-electron chi connectivity index (χ1n) is 6.33. The second kappa shape index (κ2) is 5.17. The van der Waals surface area contributed by atoms with Crippen LogP contribution in [0.1, 0.15) is 5.56 Å². The van der Waals surface area contributed by atoms with Gasteiger partial charge < -0.3 is 10.3 Å². The molecule has 0 radical (unpaired) electrons. The maximum absolute atomic E-state index is 13.4. The smallest absolute Gasteiger partial charge is 0.228 e. The number of carbonyl (C=O) groups is 1. The lowest BCUT2D eigenvalue weighted by Crippen LogP contribution is -2.15. The van der Waals surface area contributed by atoms with Gasteiger partial charge in [0, 0.05) is 11.7 Å². The molecule has 2 N–H and O–H groups in total. The van der Waals surface area contributed by atoms with Gasteiger partial charge in [-0.3, -0.25) is 4.79 Å². The van der Waals surface area contributed by atoms with Gasteiger partial charge in [0.15, 0.2) is 0 Å². The number of anilines is 1. The molecule has 3 nitrogen and oxygen atoms in total. The van der Waals surface area contributed by atoms with Gasteiger partial charge in [0.05, 0.1) is 12.1 Å². The van der Waals surface area contributed by atoms with E-state index in [-0.39, 0.29) is 18.0 Å². The van der Waals surface area contributed by atoms with Crippen LogP contribution in [-0.4, -0.2) is 10.9 Å². The Kier molecular flexibility index (Phi) is 3.21. The largest absolute Gasteiger partial charge is 0.361 e. The Labute approximate surface area is 115 Å². The molecule has 0 atom stereocenters. The molecular weight excluding hydrogens is 255 g/mol. The molecule has 0 bridgehead atoms. The van der Waals surface area contributed by atoms with E-state index in [9.17, 15) is 9.18 Å². The predicted octanol–water partition coefficient (Wildman–Crippen LogP) is 3.49. The van der Waals surface area contributed by atoms with Gasteiger partial charge in [0.1, 0.15) is 5.82 Å². The van der Waals surface area contributed by atoms with E-state index in [1.807, 2.05) is 30.5 Å². The number of aromatic nitrogens is 1. The fourth-order valence-corrected chi connectivity index (χ4v) is 2.16.